The summed E-state index contributed by atoms with van der Waals surface area (Å²) in [7, 11) is 0. The quantitative estimate of drug-likeness (QED) is 0.449. The zero-order valence-electron chi connectivity index (χ0n) is 9.80. The monoisotopic (exact) mass is 298 g/mol. The smallest absolute Gasteiger partial charge is 0.334 e. The minimum atomic E-state index is -0.692. The second-order valence-electron chi connectivity index (χ2n) is 3.57. The molecule has 104 valence electrons. The minimum Gasteiger partial charge on any atom is -0.334 e. The second kappa shape index (κ2) is 5.63. The van der Waals surface area contributed by atoms with E-state index in [9.17, 15) is 14.5 Å². The summed E-state index contributed by atoms with van der Waals surface area (Å²) in [5.74, 6) is 4.30. The maximum atomic E-state index is 13.0. The lowest BCUT2D eigenvalue weighted by molar-refractivity contribution is -0.383. The molecular weight excluding hydrogens is 291 g/mol. The van der Waals surface area contributed by atoms with Crippen LogP contribution in [0.1, 0.15) is 0 Å². The van der Waals surface area contributed by atoms with Gasteiger partial charge in [-0.1, -0.05) is 11.6 Å². The predicted octanol–water partition coefficient (Wildman–Crippen LogP) is 2.21. The van der Waals surface area contributed by atoms with E-state index in [2.05, 4.69) is 20.7 Å². The van der Waals surface area contributed by atoms with Crippen molar-refractivity contribution < 1.29 is 9.31 Å². The Morgan fingerprint density at radius 1 is 1.35 bits per heavy atom. The van der Waals surface area contributed by atoms with Crippen LogP contribution in [0.2, 0.25) is 5.02 Å². The molecule has 0 fully saturated rings. The average Bonchev–Trinajstić information content (AvgIpc) is 2.42. The summed E-state index contributed by atoms with van der Waals surface area (Å²) in [5, 5.41) is 13.6. The fourth-order valence-corrected chi connectivity index (χ4v) is 1.64. The van der Waals surface area contributed by atoms with Crippen LogP contribution >= 0.6 is 11.6 Å². The van der Waals surface area contributed by atoms with Crippen molar-refractivity contribution in [3.8, 4) is 0 Å². The first-order chi connectivity index (χ1) is 9.52. The number of rotatable bonds is 4. The number of nitro groups is 1. The first kappa shape index (κ1) is 13.9. The third-order valence-electron chi connectivity index (χ3n) is 2.32. The highest BCUT2D eigenvalue weighted by atomic mass is 35.5. The Morgan fingerprint density at radius 2 is 2.05 bits per heavy atom. The van der Waals surface area contributed by atoms with E-state index in [4.69, 9.17) is 17.4 Å². The van der Waals surface area contributed by atoms with Gasteiger partial charge in [-0.2, -0.15) is 0 Å². The number of hydrazine groups is 1. The molecule has 0 aliphatic heterocycles. The van der Waals surface area contributed by atoms with Crippen molar-refractivity contribution >= 4 is 34.6 Å². The first-order valence-electron chi connectivity index (χ1n) is 5.21. The maximum Gasteiger partial charge on any atom is 0.354 e. The molecule has 4 N–H and O–H groups in total. The molecule has 0 bridgehead atoms. The molecule has 0 unspecified atom stereocenters. The first-order valence-corrected chi connectivity index (χ1v) is 5.59. The van der Waals surface area contributed by atoms with Gasteiger partial charge in [0.05, 0.1) is 9.95 Å². The fraction of sp³-hybridized carbons (Fsp3) is 0. The van der Waals surface area contributed by atoms with E-state index in [0.717, 1.165) is 12.4 Å². The average molecular weight is 299 g/mol. The van der Waals surface area contributed by atoms with E-state index in [1.54, 1.807) is 0 Å². The molecule has 0 aliphatic rings. The van der Waals surface area contributed by atoms with Crippen LogP contribution in [0.25, 0.3) is 0 Å². The molecule has 0 saturated carbocycles. The Morgan fingerprint density at radius 3 is 2.65 bits per heavy atom. The summed E-state index contributed by atoms with van der Waals surface area (Å²) < 4.78 is 13.0. The van der Waals surface area contributed by atoms with Gasteiger partial charge in [0.25, 0.3) is 0 Å². The van der Waals surface area contributed by atoms with E-state index in [-0.39, 0.29) is 16.7 Å². The van der Waals surface area contributed by atoms with Gasteiger partial charge >= 0.3 is 5.69 Å². The summed E-state index contributed by atoms with van der Waals surface area (Å²) in [6.07, 6.45) is 1.09. The lowest BCUT2D eigenvalue weighted by Gasteiger charge is -2.08. The molecule has 1 aromatic carbocycles. The highest BCUT2D eigenvalue weighted by molar-refractivity contribution is 6.31. The lowest BCUT2D eigenvalue weighted by Crippen LogP contribution is -2.12. The topological polar surface area (TPSA) is 119 Å². The number of nitrogens with two attached hydrogens (primary N) is 1. The molecule has 0 amide bonds. The minimum absolute atomic E-state index is 0.0966. The number of halogens is 2. The molecule has 10 heteroatoms. The Labute approximate surface area is 116 Å². The molecule has 0 saturated heterocycles. The van der Waals surface area contributed by atoms with Gasteiger partial charge in [-0.05, 0) is 18.2 Å². The number of hydrogen-bond donors (Lipinski definition) is 3. The summed E-state index contributed by atoms with van der Waals surface area (Å²) >= 11 is 5.63. The Kier molecular flexibility index (Phi) is 3.91. The molecule has 2 aromatic rings. The fourth-order valence-electron chi connectivity index (χ4n) is 1.46. The third kappa shape index (κ3) is 2.73. The summed E-state index contributed by atoms with van der Waals surface area (Å²) in [4.78, 5) is 17.7. The SMILES string of the molecule is NNc1ncnc(Nc2ccc(F)c(Cl)c2)c1[N+](=O)[O-]. The number of aromatic nitrogens is 2. The van der Waals surface area contributed by atoms with Gasteiger partial charge in [0, 0.05) is 5.69 Å². The van der Waals surface area contributed by atoms with Crippen LogP contribution in [0.3, 0.4) is 0 Å². The molecule has 1 heterocycles. The number of nitrogens with zero attached hydrogens (tertiary/aromatic N) is 3. The summed E-state index contributed by atoms with van der Waals surface area (Å²) in [6, 6.07) is 3.76. The van der Waals surface area contributed by atoms with E-state index < -0.39 is 16.4 Å². The van der Waals surface area contributed by atoms with Crippen molar-refractivity contribution in [3.63, 3.8) is 0 Å². The van der Waals surface area contributed by atoms with Gasteiger partial charge in [0.1, 0.15) is 12.1 Å². The standard InChI is InChI=1S/C10H8ClFN6O2/c11-6-3-5(1-2-7(6)12)16-9-8(18(19)20)10(17-13)15-4-14-9/h1-4H,13H2,(H2,14,15,16,17). The van der Waals surface area contributed by atoms with Gasteiger partial charge in [-0.3, -0.25) is 10.1 Å². The number of benzene rings is 1. The van der Waals surface area contributed by atoms with Crippen LogP contribution in [-0.4, -0.2) is 14.9 Å². The van der Waals surface area contributed by atoms with Crippen LogP contribution < -0.4 is 16.6 Å². The highest BCUT2D eigenvalue weighted by Gasteiger charge is 2.22. The molecule has 20 heavy (non-hydrogen) atoms. The van der Waals surface area contributed by atoms with E-state index in [1.807, 2.05) is 0 Å². The maximum absolute atomic E-state index is 13.0. The van der Waals surface area contributed by atoms with Gasteiger partial charge in [-0.15, -0.1) is 0 Å². The van der Waals surface area contributed by atoms with Crippen molar-refractivity contribution in [2.24, 2.45) is 5.84 Å². The van der Waals surface area contributed by atoms with E-state index in [0.29, 0.717) is 5.69 Å². The molecule has 8 nitrogen and oxygen atoms in total. The molecule has 0 spiro atoms. The van der Waals surface area contributed by atoms with Gasteiger partial charge in [0.2, 0.25) is 11.6 Å². The summed E-state index contributed by atoms with van der Waals surface area (Å²) in [5.41, 5.74) is 2.00. The van der Waals surface area contributed by atoms with E-state index in [1.165, 1.54) is 12.1 Å². The number of nitrogens with one attached hydrogen (secondary N) is 2. The van der Waals surface area contributed by atoms with Crippen LogP contribution in [0.15, 0.2) is 24.5 Å². The van der Waals surface area contributed by atoms with Crippen LogP contribution in [0.4, 0.5) is 27.4 Å². The molecule has 2 rings (SSSR count). The largest absolute Gasteiger partial charge is 0.354 e. The zero-order chi connectivity index (χ0) is 14.7. The molecule has 0 atom stereocenters. The Hall–Kier alpha value is -2.52. The molecule has 1 aromatic heterocycles. The van der Waals surface area contributed by atoms with Crippen molar-refractivity contribution in [1.29, 1.82) is 0 Å². The van der Waals surface area contributed by atoms with E-state index >= 15 is 0 Å². The van der Waals surface area contributed by atoms with Gasteiger partial charge < -0.3 is 10.7 Å². The van der Waals surface area contributed by atoms with Gasteiger partial charge in [0.15, 0.2) is 0 Å². The van der Waals surface area contributed by atoms with Crippen molar-refractivity contribution in [2.45, 2.75) is 0 Å². The highest BCUT2D eigenvalue weighted by Crippen LogP contribution is 2.31. The van der Waals surface area contributed by atoms with Crippen molar-refractivity contribution in [3.05, 3.63) is 45.5 Å². The van der Waals surface area contributed by atoms with Crippen LogP contribution in [0.5, 0.6) is 0 Å². The number of anilines is 3. The van der Waals surface area contributed by atoms with Crippen molar-refractivity contribution in [2.75, 3.05) is 10.7 Å². The Balaban J connectivity index is 2.42. The molecular formula is C10H8ClFN6O2. The van der Waals surface area contributed by atoms with Crippen molar-refractivity contribution in [1.82, 2.24) is 9.97 Å². The van der Waals surface area contributed by atoms with Crippen LogP contribution in [0, 0.1) is 15.9 Å². The lowest BCUT2D eigenvalue weighted by atomic mass is 10.3. The normalized spacial score (nSPS) is 10.2. The third-order valence-corrected chi connectivity index (χ3v) is 2.61. The number of hydrogen-bond acceptors (Lipinski definition) is 7. The molecule has 0 aliphatic carbocycles. The second-order valence-corrected chi connectivity index (χ2v) is 3.98. The Bertz CT molecular complexity index is 668. The van der Waals surface area contributed by atoms with Crippen LogP contribution in [-0.2, 0) is 0 Å². The summed E-state index contributed by atoms with van der Waals surface area (Å²) in [6.45, 7) is 0. The molecule has 0 radical (unpaired) electrons. The predicted molar refractivity (Wildman–Crippen MR) is 71.2 cm³/mol. The zero-order valence-corrected chi connectivity index (χ0v) is 10.6. The van der Waals surface area contributed by atoms with Gasteiger partial charge in [-0.25, -0.2) is 20.2 Å². The number of nitrogen functional groups attached to an aromatic ring is 1.